The first-order valence-corrected chi connectivity index (χ1v) is 8.66. The number of carbonyl (C=O) groups is 1. The first-order valence-electron chi connectivity index (χ1n) is 8.66. The van der Waals surface area contributed by atoms with Crippen molar-refractivity contribution >= 4 is 11.6 Å². The fourth-order valence-corrected chi connectivity index (χ4v) is 2.76. The highest BCUT2D eigenvalue weighted by Gasteiger charge is 2.09. The Kier molecular flexibility index (Phi) is 5.42. The average Bonchev–Trinajstić information content (AvgIpc) is 3.13. The summed E-state index contributed by atoms with van der Waals surface area (Å²) in [6, 6.07) is 17.5. The number of furan rings is 1. The summed E-state index contributed by atoms with van der Waals surface area (Å²) in [7, 11) is 1.64. The van der Waals surface area contributed by atoms with Gasteiger partial charge in [0.05, 0.1) is 7.11 Å². The van der Waals surface area contributed by atoms with Crippen molar-refractivity contribution in [2.24, 2.45) is 0 Å². The topological polar surface area (TPSA) is 51.5 Å². The van der Waals surface area contributed by atoms with Gasteiger partial charge in [-0.2, -0.15) is 0 Å². The zero-order valence-electron chi connectivity index (χ0n) is 15.3. The van der Waals surface area contributed by atoms with Crippen molar-refractivity contribution in [3.63, 3.8) is 0 Å². The van der Waals surface area contributed by atoms with E-state index in [9.17, 15) is 4.79 Å². The summed E-state index contributed by atoms with van der Waals surface area (Å²) in [6.45, 7) is 4.05. The highest BCUT2D eigenvalue weighted by atomic mass is 16.5. The Morgan fingerprint density at radius 2 is 1.81 bits per heavy atom. The molecule has 0 unspecified atom stereocenters. The maximum Gasteiger partial charge on any atom is 0.224 e. The summed E-state index contributed by atoms with van der Waals surface area (Å²) in [4.78, 5) is 12.2. The second-order valence-corrected chi connectivity index (χ2v) is 6.29. The molecule has 1 N–H and O–H groups in total. The van der Waals surface area contributed by atoms with Crippen LogP contribution >= 0.6 is 0 Å². The third kappa shape index (κ3) is 4.14. The summed E-state index contributed by atoms with van der Waals surface area (Å²) in [5, 5.41) is 2.98. The van der Waals surface area contributed by atoms with Crippen LogP contribution in [0.3, 0.4) is 0 Å². The number of rotatable bonds is 6. The monoisotopic (exact) mass is 349 g/mol. The lowest BCUT2D eigenvalue weighted by Crippen LogP contribution is -2.13. The molecule has 0 radical (unpaired) electrons. The first-order chi connectivity index (χ1) is 12.6. The van der Waals surface area contributed by atoms with Gasteiger partial charge in [-0.05, 0) is 67.4 Å². The van der Waals surface area contributed by atoms with Gasteiger partial charge in [-0.25, -0.2) is 0 Å². The summed E-state index contributed by atoms with van der Waals surface area (Å²) < 4.78 is 11.0. The Morgan fingerprint density at radius 3 is 2.54 bits per heavy atom. The van der Waals surface area contributed by atoms with Gasteiger partial charge in [0.15, 0.2) is 0 Å². The highest BCUT2D eigenvalue weighted by Crippen LogP contribution is 2.25. The van der Waals surface area contributed by atoms with Gasteiger partial charge in [-0.3, -0.25) is 4.79 Å². The Hall–Kier alpha value is -3.01. The summed E-state index contributed by atoms with van der Waals surface area (Å²) in [6.07, 6.45) is 0.940. The van der Waals surface area contributed by atoms with Gasteiger partial charge in [-0.1, -0.05) is 12.1 Å². The third-order valence-electron chi connectivity index (χ3n) is 4.51. The van der Waals surface area contributed by atoms with Crippen LogP contribution in [-0.2, 0) is 11.2 Å². The van der Waals surface area contributed by atoms with Gasteiger partial charge in [0, 0.05) is 24.1 Å². The molecule has 3 rings (SSSR count). The van der Waals surface area contributed by atoms with Crippen LogP contribution in [0.2, 0.25) is 0 Å². The maximum absolute atomic E-state index is 12.2. The van der Waals surface area contributed by atoms with E-state index in [1.165, 1.54) is 0 Å². The van der Waals surface area contributed by atoms with Crippen LogP contribution in [0, 0.1) is 13.8 Å². The number of amides is 1. The number of carbonyl (C=O) groups excluding carboxylic acids is 1. The number of anilines is 1. The van der Waals surface area contributed by atoms with E-state index in [0.717, 1.165) is 39.6 Å². The van der Waals surface area contributed by atoms with Crippen LogP contribution in [0.4, 0.5) is 5.69 Å². The van der Waals surface area contributed by atoms with Crippen molar-refractivity contribution < 1.29 is 13.9 Å². The minimum Gasteiger partial charge on any atom is -0.497 e. The van der Waals surface area contributed by atoms with E-state index in [-0.39, 0.29) is 5.91 Å². The highest BCUT2D eigenvalue weighted by molar-refractivity contribution is 5.91. The second-order valence-electron chi connectivity index (χ2n) is 6.29. The molecule has 1 amide bonds. The van der Waals surface area contributed by atoms with Crippen molar-refractivity contribution in [3.05, 3.63) is 71.5 Å². The number of aryl methyl sites for hydroxylation is 2. The second kappa shape index (κ2) is 7.91. The molecule has 4 heteroatoms. The summed E-state index contributed by atoms with van der Waals surface area (Å²) in [5.74, 6) is 2.38. The van der Waals surface area contributed by atoms with Gasteiger partial charge in [0.25, 0.3) is 0 Å². The van der Waals surface area contributed by atoms with E-state index in [1.54, 1.807) is 7.11 Å². The molecule has 0 aliphatic carbocycles. The van der Waals surface area contributed by atoms with Crippen LogP contribution in [0.1, 0.15) is 23.3 Å². The van der Waals surface area contributed by atoms with Crippen LogP contribution in [0.25, 0.3) is 11.3 Å². The smallest absolute Gasteiger partial charge is 0.224 e. The minimum absolute atomic E-state index is 0.0129. The molecule has 0 bridgehead atoms. The number of hydrogen-bond donors (Lipinski definition) is 1. The Balaban J connectivity index is 1.59. The van der Waals surface area contributed by atoms with E-state index in [1.807, 2.05) is 68.4 Å². The first kappa shape index (κ1) is 17.8. The summed E-state index contributed by atoms with van der Waals surface area (Å²) in [5.41, 5.74) is 4.11. The molecule has 1 heterocycles. The van der Waals surface area contributed by atoms with E-state index in [0.29, 0.717) is 12.8 Å². The zero-order valence-corrected chi connectivity index (χ0v) is 15.3. The predicted octanol–water partition coefficient (Wildman–Crippen LogP) is 5.14. The minimum atomic E-state index is -0.0129. The fourth-order valence-electron chi connectivity index (χ4n) is 2.76. The van der Waals surface area contributed by atoms with Gasteiger partial charge in [0.2, 0.25) is 5.91 Å². The number of methoxy groups -OCH3 is 1. The van der Waals surface area contributed by atoms with Crippen LogP contribution in [0.15, 0.2) is 59.0 Å². The van der Waals surface area contributed by atoms with Crippen molar-refractivity contribution in [3.8, 4) is 17.1 Å². The number of nitrogens with one attached hydrogen (secondary N) is 1. The standard InChI is InChI=1S/C22H23NO3/c1-15-5-4-6-20(16(15)2)23-22(24)14-12-19-11-13-21(26-19)17-7-9-18(25-3)10-8-17/h4-11,13H,12,14H2,1-3H3,(H,23,24). The average molecular weight is 349 g/mol. The zero-order chi connectivity index (χ0) is 18.5. The number of ether oxygens (including phenoxy) is 1. The lowest BCUT2D eigenvalue weighted by Gasteiger charge is -2.09. The van der Waals surface area contributed by atoms with Gasteiger partial charge in [0.1, 0.15) is 17.3 Å². The van der Waals surface area contributed by atoms with Gasteiger partial charge in [-0.15, -0.1) is 0 Å². The Labute approximate surface area is 153 Å². The molecule has 0 saturated heterocycles. The molecule has 4 nitrogen and oxygen atoms in total. The van der Waals surface area contributed by atoms with Gasteiger partial charge >= 0.3 is 0 Å². The molecule has 134 valence electrons. The fraction of sp³-hybridized carbons (Fsp3) is 0.227. The molecule has 0 atom stereocenters. The van der Waals surface area contributed by atoms with Gasteiger partial charge < -0.3 is 14.5 Å². The number of benzene rings is 2. The third-order valence-corrected chi connectivity index (χ3v) is 4.51. The van der Waals surface area contributed by atoms with Crippen LogP contribution in [-0.4, -0.2) is 13.0 Å². The number of hydrogen-bond acceptors (Lipinski definition) is 3. The maximum atomic E-state index is 12.2. The molecular formula is C22H23NO3. The normalized spacial score (nSPS) is 10.6. The van der Waals surface area contributed by atoms with Crippen LogP contribution in [0.5, 0.6) is 5.75 Å². The van der Waals surface area contributed by atoms with Crippen molar-refractivity contribution in [1.82, 2.24) is 0 Å². The molecule has 3 aromatic rings. The molecule has 0 saturated carbocycles. The lowest BCUT2D eigenvalue weighted by molar-refractivity contribution is -0.116. The largest absolute Gasteiger partial charge is 0.497 e. The molecule has 26 heavy (non-hydrogen) atoms. The summed E-state index contributed by atoms with van der Waals surface area (Å²) >= 11 is 0. The Morgan fingerprint density at radius 1 is 1.04 bits per heavy atom. The van der Waals surface area contributed by atoms with Crippen molar-refractivity contribution in [2.45, 2.75) is 26.7 Å². The Bertz CT molecular complexity index is 894. The SMILES string of the molecule is COc1ccc(-c2ccc(CCC(=O)Nc3cccc(C)c3C)o2)cc1. The lowest BCUT2D eigenvalue weighted by atomic mass is 10.1. The van der Waals surface area contributed by atoms with Crippen molar-refractivity contribution in [2.75, 3.05) is 12.4 Å². The molecule has 0 fully saturated rings. The molecular weight excluding hydrogens is 326 g/mol. The molecule has 1 aromatic heterocycles. The van der Waals surface area contributed by atoms with E-state index < -0.39 is 0 Å². The molecule has 0 aliphatic heterocycles. The molecule has 2 aromatic carbocycles. The quantitative estimate of drug-likeness (QED) is 0.670. The van der Waals surface area contributed by atoms with Crippen molar-refractivity contribution in [1.29, 1.82) is 0 Å². The molecule has 0 aliphatic rings. The van der Waals surface area contributed by atoms with E-state index >= 15 is 0 Å². The predicted molar refractivity (Wildman–Crippen MR) is 104 cm³/mol. The van der Waals surface area contributed by atoms with Crippen LogP contribution < -0.4 is 10.1 Å². The van der Waals surface area contributed by atoms with E-state index in [4.69, 9.17) is 9.15 Å². The molecule has 0 spiro atoms. The van der Waals surface area contributed by atoms with E-state index in [2.05, 4.69) is 5.32 Å².